The van der Waals surface area contributed by atoms with E-state index in [-0.39, 0.29) is 10.2 Å². The molecular weight excluding hydrogens is 677 g/mol. The average molecular weight is 713 g/mol. The van der Waals surface area contributed by atoms with Crippen molar-refractivity contribution in [3.63, 3.8) is 0 Å². The van der Waals surface area contributed by atoms with Gasteiger partial charge in [0.05, 0.1) is 22.5 Å². The van der Waals surface area contributed by atoms with Crippen LogP contribution in [0.25, 0.3) is 0 Å². The second-order valence-corrected chi connectivity index (χ2v) is 14.4. The van der Waals surface area contributed by atoms with E-state index < -0.39 is 0 Å². The van der Waals surface area contributed by atoms with Crippen molar-refractivity contribution in [2.45, 2.75) is 23.6 Å². The lowest BCUT2D eigenvalue weighted by Gasteiger charge is -2.31. The number of rotatable bonds is 10. The number of benzene rings is 7. The van der Waals surface area contributed by atoms with Gasteiger partial charge < -0.3 is 9.80 Å². The van der Waals surface area contributed by atoms with Gasteiger partial charge >= 0.3 is 0 Å². The van der Waals surface area contributed by atoms with E-state index >= 15 is 0 Å². The van der Waals surface area contributed by atoms with Gasteiger partial charge in [-0.3, -0.25) is 9.59 Å². The Morgan fingerprint density at radius 3 is 0.923 bits per heavy atom. The van der Waals surface area contributed by atoms with Crippen molar-refractivity contribution in [1.82, 2.24) is 0 Å². The highest BCUT2D eigenvalue weighted by atomic mass is 32.2. The van der Waals surface area contributed by atoms with Gasteiger partial charge in [0.2, 0.25) is 10.2 Å². The molecule has 254 valence electrons. The van der Waals surface area contributed by atoms with Gasteiger partial charge in [-0.05, 0) is 122 Å². The van der Waals surface area contributed by atoms with Gasteiger partial charge in [-0.25, -0.2) is 0 Å². The molecule has 0 saturated carbocycles. The summed E-state index contributed by atoms with van der Waals surface area (Å²) in [4.78, 5) is 35.3. The van der Waals surface area contributed by atoms with Gasteiger partial charge in [-0.15, -0.1) is 0 Å². The maximum absolute atomic E-state index is 14.8. The van der Waals surface area contributed by atoms with Gasteiger partial charge in [0.25, 0.3) is 0 Å². The molecule has 7 rings (SSSR count). The third-order valence-corrected chi connectivity index (χ3v) is 10.4. The van der Waals surface area contributed by atoms with Crippen LogP contribution in [0.4, 0.5) is 34.1 Å². The summed E-state index contributed by atoms with van der Waals surface area (Å²) in [5.74, 6) is 0. The number of anilines is 6. The Labute approximate surface area is 313 Å². The standard InChI is InChI=1S/C46H36N2O2S2/c1-33-23-27-39(28-24-33)51-45(49)41-31-44(48(37-19-11-5-12-20-37)38-21-13-6-14-22-38)42(46(50)52-40-29-25-34(2)26-30-40)32-43(41)47(35-15-7-3-8-16-35)36-17-9-4-10-18-36/h3-32H,1-2H3. The minimum absolute atomic E-state index is 0.136. The number of nitrogens with zero attached hydrogens (tertiary/aromatic N) is 2. The summed E-state index contributed by atoms with van der Waals surface area (Å²) in [5, 5.41) is -0.272. The Morgan fingerprint density at radius 1 is 0.385 bits per heavy atom. The van der Waals surface area contributed by atoms with E-state index in [0.29, 0.717) is 22.5 Å². The summed E-state index contributed by atoms with van der Waals surface area (Å²) >= 11 is 2.37. The molecule has 4 nitrogen and oxygen atoms in total. The van der Waals surface area contributed by atoms with Gasteiger partial charge in [-0.2, -0.15) is 0 Å². The topological polar surface area (TPSA) is 40.6 Å². The molecule has 0 fully saturated rings. The number of carbonyl (C=O) groups excluding carboxylic acids is 2. The number of hydrogen-bond acceptors (Lipinski definition) is 6. The van der Waals surface area contributed by atoms with Crippen molar-refractivity contribution < 1.29 is 9.59 Å². The first-order chi connectivity index (χ1) is 25.4. The fourth-order valence-electron chi connectivity index (χ4n) is 5.97. The largest absolute Gasteiger partial charge is 0.310 e. The molecule has 7 aromatic rings. The Hall–Kier alpha value is -5.82. The van der Waals surface area contributed by atoms with Crippen molar-refractivity contribution in [2.75, 3.05) is 9.80 Å². The molecule has 0 aliphatic rings. The molecule has 0 spiro atoms. The van der Waals surface area contributed by atoms with Gasteiger partial charge in [-0.1, -0.05) is 108 Å². The Bertz CT molecular complexity index is 2040. The molecule has 7 aromatic carbocycles. The highest BCUT2D eigenvalue weighted by Gasteiger charge is 2.29. The third-order valence-electron chi connectivity index (χ3n) is 8.56. The molecule has 0 atom stereocenters. The first kappa shape index (κ1) is 34.6. The SMILES string of the molecule is Cc1ccc(SC(=O)c2cc(N(c3ccccc3)c3ccccc3)c(C(=O)Sc3ccc(C)cc3)cc2N(c2ccccc2)c2ccccc2)cc1. The summed E-state index contributed by atoms with van der Waals surface area (Å²) in [5.41, 5.74) is 7.87. The van der Waals surface area contributed by atoms with Crippen LogP contribution in [0.2, 0.25) is 0 Å². The normalized spacial score (nSPS) is 10.8. The number of thioether (sulfide) groups is 2. The monoisotopic (exact) mass is 712 g/mol. The zero-order valence-corrected chi connectivity index (χ0v) is 30.5. The molecule has 0 heterocycles. The van der Waals surface area contributed by atoms with Crippen LogP contribution in [-0.2, 0) is 0 Å². The lowest BCUT2D eigenvalue weighted by Crippen LogP contribution is -2.18. The highest BCUT2D eigenvalue weighted by Crippen LogP contribution is 2.46. The van der Waals surface area contributed by atoms with Crippen LogP contribution < -0.4 is 9.80 Å². The van der Waals surface area contributed by atoms with Crippen LogP contribution in [0.5, 0.6) is 0 Å². The molecule has 0 bridgehead atoms. The van der Waals surface area contributed by atoms with Crippen molar-refractivity contribution in [3.8, 4) is 0 Å². The van der Waals surface area contributed by atoms with E-state index in [1.54, 1.807) is 0 Å². The van der Waals surface area contributed by atoms with Crippen LogP contribution in [0.3, 0.4) is 0 Å². The molecule has 0 radical (unpaired) electrons. The smallest absolute Gasteiger partial charge is 0.226 e. The zero-order chi connectivity index (χ0) is 35.9. The fraction of sp³-hybridized carbons (Fsp3) is 0.0435. The lowest BCUT2D eigenvalue weighted by atomic mass is 10.0. The van der Waals surface area contributed by atoms with Crippen molar-refractivity contribution in [2.24, 2.45) is 0 Å². The molecule has 0 aliphatic heterocycles. The van der Waals surface area contributed by atoms with E-state index in [1.165, 1.54) is 23.5 Å². The number of aryl methyl sites for hydroxylation is 2. The van der Waals surface area contributed by atoms with Crippen LogP contribution in [0.15, 0.2) is 192 Å². The average Bonchev–Trinajstić information content (AvgIpc) is 3.19. The van der Waals surface area contributed by atoms with Gasteiger partial charge in [0, 0.05) is 32.5 Å². The van der Waals surface area contributed by atoms with Crippen LogP contribution in [-0.4, -0.2) is 10.2 Å². The Morgan fingerprint density at radius 2 is 0.654 bits per heavy atom. The Balaban J connectivity index is 1.51. The van der Waals surface area contributed by atoms with Gasteiger partial charge in [0.15, 0.2) is 0 Å². The second-order valence-electron chi connectivity index (χ2n) is 12.3. The molecule has 0 saturated heterocycles. The van der Waals surface area contributed by atoms with E-state index in [9.17, 15) is 9.59 Å². The van der Waals surface area contributed by atoms with E-state index in [0.717, 1.165) is 43.7 Å². The fourth-order valence-corrected chi connectivity index (χ4v) is 7.49. The van der Waals surface area contributed by atoms with Crippen molar-refractivity contribution in [1.29, 1.82) is 0 Å². The molecule has 52 heavy (non-hydrogen) atoms. The second kappa shape index (κ2) is 16.0. The molecular formula is C46H36N2O2S2. The summed E-state index contributed by atoms with van der Waals surface area (Å²) in [6.45, 7) is 4.06. The summed E-state index contributed by atoms with van der Waals surface area (Å²) in [7, 11) is 0. The quantitative estimate of drug-likeness (QED) is 0.132. The molecule has 0 N–H and O–H groups in total. The predicted octanol–water partition coefficient (Wildman–Crippen LogP) is 13.1. The minimum Gasteiger partial charge on any atom is -0.310 e. The van der Waals surface area contributed by atoms with Crippen LogP contribution in [0, 0.1) is 13.8 Å². The number of para-hydroxylation sites is 4. The van der Waals surface area contributed by atoms with E-state index in [2.05, 4.69) is 9.80 Å². The molecule has 6 heteroatoms. The predicted molar refractivity (Wildman–Crippen MR) is 219 cm³/mol. The van der Waals surface area contributed by atoms with Crippen molar-refractivity contribution >= 4 is 67.9 Å². The first-order valence-electron chi connectivity index (χ1n) is 17.0. The molecule has 0 amide bonds. The zero-order valence-electron chi connectivity index (χ0n) is 28.8. The first-order valence-corrected chi connectivity index (χ1v) is 18.6. The van der Waals surface area contributed by atoms with Gasteiger partial charge in [0.1, 0.15) is 0 Å². The summed E-state index contributed by atoms with van der Waals surface area (Å²) < 4.78 is 0. The molecule has 0 aromatic heterocycles. The molecule has 0 aliphatic carbocycles. The third kappa shape index (κ3) is 7.89. The van der Waals surface area contributed by atoms with Crippen LogP contribution >= 0.6 is 23.5 Å². The lowest BCUT2D eigenvalue weighted by molar-refractivity contribution is 0.107. The summed E-state index contributed by atoms with van der Waals surface area (Å²) in [6.07, 6.45) is 0. The minimum atomic E-state index is -0.136. The highest BCUT2D eigenvalue weighted by molar-refractivity contribution is 8.14. The van der Waals surface area contributed by atoms with E-state index in [4.69, 9.17) is 0 Å². The number of carbonyl (C=O) groups is 2. The van der Waals surface area contributed by atoms with Crippen molar-refractivity contribution in [3.05, 3.63) is 204 Å². The Kier molecular flexibility index (Phi) is 10.7. The maximum Gasteiger partial charge on any atom is 0.226 e. The van der Waals surface area contributed by atoms with E-state index in [1.807, 2.05) is 196 Å². The molecule has 0 unspecified atom stereocenters. The number of hydrogen-bond donors (Lipinski definition) is 0. The summed E-state index contributed by atoms with van der Waals surface area (Å²) in [6, 6.07) is 59.6. The van der Waals surface area contributed by atoms with Crippen LogP contribution in [0.1, 0.15) is 31.8 Å². The maximum atomic E-state index is 14.8.